The lowest BCUT2D eigenvalue weighted by Gasteiger charge is -2.19. The number of carboxylic acids is 1. The first kappa shape index (κ1) is 23.1. The van der Waals surface area contributed by atoms with Gasteiger partial charge >= 0.3 is 18.2 Å². The van der Waals surface area contributed by atoms with Gasteiger partial charge in [-0.2, -0.15) is 0 Å². The molecular formula is C24H28N2O6. The van der Waals surface area contributed by atoms with Gasteiger partial charge in [0.25, 0.3) is 0 Å². The highest BCUT2D eigenvalue weighted by atomic mass is 16.6. The van der Waals surface area contributed by atoms with Gasteiger partial charge in [0.1, 0.15) is 12.2 Å². The Hall–Kier alpha value is -3.55. The van der Waals surface area contributed by atoms with Gasteiger partial charge in [0, 0.05) is 18.5 Å². The molecule has 1 aliphatic rings. The van der Waals surface area contributed by atoms with Crippen LogP contribution in [0.15, 0.2) is 48.5 Å². The van der Waals surface area contributed by atoms with Crippen LogP contribution in [0.2, 0.25) is 0 Å². The number of carbonyl (C=O) groups excluding carboxylic acids is 2. The Labute approximate surface area is 186 Å². The molecule has 0 heterocycles. The van der Waals surface area contributed by atoms with Crippen molar-refractivity contribution in [2.45, 2.75) is 57.9 Å². The number of alkyl carbamates (subject to hydrolysis) is 2. The molecule has 2 atom stereocenters. The Morgan fingerprint density at radius 3 is 2.19 bits per heavy atom. The fourth-order valence-electron chi connectivity index (χ4n) is 3.18. The van der Waals surface area contributed by atoms with Gasteiger partial charge in [-0.1, -0.05) is 36.4 Å². The molecule has 0 radical (unpaired) electrons. The molecule has 2 aromatic rings. The molecule has 3 rings (SSSR count). The summed E-state index contributed by atoms with van der Waals surface area (Å²) in [4.78, 5) is 34.6. The van der Waals surface area contributed by atoms with Crippen molar-refractivity contribution in [3.05, 3.63) is 70.8 Å². The maximum absolute atomic E-state index is 11.9. The summed E-state index contributed by atoms with van der Waals surface area (Å²) in [5, 5.41) is 14.4. The lowest BCUT2D eigenvalue weighted by molar-refractivity contribution is 0.0522. The van der Waals surface area contributed by atoms with Crippen molar-refractivity contribution >= 4 is 18.2 Å². The van der Waals surface area contributed by atoms with E-state index in [-0.39, 0.29) is 30.7 Å². The second kappa shape index (κ2) is 9.72. The minimum atomic E-state index is -0.994. The maximum Gasteiger partial charge on any atom is 0.407 e. The van der Waals surface area contributed by atoms with Gasteiger partial charge in [-0.05, 0) is 56.0 Å². The summed E-state index contributed by atoms with van der Waals surface area (Å²) in [6.45, 7) is 5.86. The molecule has 0 unspecified atom stereocenters. The van der Waals surface area contributed by atoms with Crippen molar-refractivity contribution in [3.63, 3.8) is 0 Å². The number of carboxylic acid groups (broad SMARTS) is 1. The Morgan fingerprint density at radius 2 is 1.59 bits per heavy atom. The van der Waals surface area contributed by atoms with Crippen LogP contribution in [-0.4, -0.2) is 34.9 Å². The predicted molar refractivity (Wildman–Crippen MR) is 117 cm³/mol. The van der Waals surface area contributed by atoms with Gasteiger partial charge in [-0.25, -0.2) is 14.4 Å². The van der Waals surface area contributed by atoms with Gasteiger partial charge in [-0.15, -0.1) is 0 Å². The average molecular weight is 440 g/mol. The zero-order valence-corrected chi connectivity index (χ0v) is 18.4. The number of amides is 2. The Kier molecular flexibility index (Phi) is 7.02. The van der Waals surface area contributed by atoms with E-state index >= 15 is 0 Å². The molecule has 0 bridgehead atoms. The van der Waals surface area contributed by atoms with Gasteiger partial charge in [-0.3, -0.25) is 0 Å². The molecule has 1 aliphatic carbocycles. The molecule has 2 amide bonds. The first-order valence-electron chi connectivity index (χ1n) is 10.4. The Morgan fingerprint density at radius 1 is 0.969 bits per heavy atom. The van der Waals surface area contributed by atoms with Gasteiger partial charge in [0.2, 0.25) is 0 Å². The van der Waals surface area contributed by atoms with Crippen LogP contribution in [0, 0.1) is 0 Å². The number of benzene rings is 2. The average Bonchev–Trinajstić information content (AvgIpc) is 3.48. The summed E-state index contributed by atoms with van der Waals surface area (Å²) >= 11 is 0. The number of hydrogen-bond donors (Lipinski definition) is 3. The van der Waals surface area contributed by atoms with E-state index in [0.29, 0.717) is 0 Å². The van der Waals surface area contributed by atoms with E-state index in [0.717, 1.165) is 23.1 Å². The van der Waals surface area contributed by atoms with Crippen LogP contribution in [0.5, 0.6) is 0 Å². The van der Waals surface area contributed by atoms with Gasteiger partial charge < -0.3 is 25.2 Å². The lowest BCUT2D eigenvalue weighted by Crippen LogP contribution is -2.34. The van der Waals surface area contributed by atoms with E-state index in [1.165, 1.54) is 12.1 Å². The molecule has 0 aliphatic heterocycles. The molecule has 2 aromatic carbocycles. The van der Waals surface area contributed by atoms with Crippen molar-refractivity contribution in [1.29, 1.82) is 0 Å². The third-order valence-corrected chi connectivity index (χ3v) is 4.91. The summed E-state index contributed by atoms with van der Waals surface area (Å²) in [7, 11) is 0. The molecule has 1 fully saturated rings. The number of aromatic carboxylic acids is 1. The minimum Gasteiger partial charge on any atom is -0.478 e. The van der Waals surface area contributed by atoms with Crippen molar-refractivity contribution in [1.82, 2.24) is 10.6 Å². The second-order valence-corrected chi connectivity index (χ2v) is 8.77. The minimum absolute atomic E-state index is 0.0716. The SMILES string of the molecule is CC(C)(C)OC(=O)N[C@H]1C[C@@H]1c1ccc(COC(=O)NCc2ccc(C(=O)O)cc2)cc1. The summed E-state index contributed by atoms with van der Waals surface area (Å²) in [6.07, 6.45) is -0.0932. The molecule has 170 valence electrons. The molecule has 0 spiro atoms. The fourth-order valence-corrected chi connectivity index (χ4v) is 3.18. The van der Waals surface area contributed by atoms with E-state index in [2.05, 4.69) is 10.6 Å². The van der Waals surface area contributed by atoms with Crippen LogP contribution in [0.3, 0.4) is 0 Å². The van der Waals surface area contributed by atoms with Gasteiger partial charge in [0.05, 0.1) is 5.56 Å². The fraction of sp³-hybridized carbons (Fsp3) is 0.375. The van der Waals surface area contributed by atoms with Crippen LogP contribution in [-0.2, 0) is 22.6 Å². The molecular weight excluding hydrogens is 412 g/mol. The standard InChI is InChI=1S/C24H28N2O6/c1-24(2,3)32-23(30)26-20-12-19(20)17-8-6-16(7-9-17)14-31-22(29)25-13-15-4-10-18(11-5-15)21(27)28/h4-11,19-20H,12-14H2,1-3H3,(H,25,29)(H,26,30)(H,27,28)/t19-,20+/m1/s1. The monoisotopic (exact) mass is 440 g/mol. The Bertz CT molecular complexity index is 963. The van der Waals surface area contributed by atoms with E-state index < -0.39 is 23.8 Å². The van der Waals surface area contributed by atoms with E-state index in [9.17, 15) is 14.4 Å². The quantitative estimate of drug-likeness (QED) is 0.595. The maximum atomic E-state index is 11.9. The van der Waals surface area contributed by atoms with Crippen LogP contribution < -0.4 is 10.6 Å². The van der Waals surface area contributed by atoms with Crippen LogP contribution in [0.25, 0.3) is 0 Å². The molecule has 3 N–H and O–H groups in total. The molecule has 1 saturated carbocycles. The highest BCUT2D eigenvalue weighted by molar-refractivity contribution is 5.87. The zero-order valence-electron chi connectivity index (χ0n) is 18.4. The summed E-state index contributed by atoms with van der Waals surface area (Å²) in [5.41, 5.74) is 2.41. The largest absolute Gasteiger partial charge is 0.478 e. The second-order valence-electron chi connectivity index (χ2n) is 8.77. The van der Waals surface area contributed by atoms with E-state index in [1.54, 1.807) is 12.1 Å². The first-order valence-corrected chi connectivity index (χ1v) is 10.4. The molecule has 0 aromatic heterocycles. The number of rotatable bonds is 7. The third kappa shape index (κ3) is 7.01. The molecule has 8 nitrogen and oxygen atoms in total. The van der Waals surface area contributed by atoms with Crippen LogP contribution in [0.1, 0.15) is 60.2 Å². The highest BCUT2D eigenvalue weighted by Gasteiger charge is 2.40. The number of carbonyl (C=O) groups is 3. The Balaban J connectivity index is 1.39. The highest BCUT2D eigenvalue weighted by Crippen LogP contribution is 2.41. The topological polar surface area (TPSA) is 114 Å². The summed E-state index contributed by atoms with van der Waals surface area (Å²) < 4.78 is 10.5. The van der Waals surface area contributed by atoms with Crippen molar-refractivity contribution < 1.29 is 29.0 Å². The predicted octanol–water partition coefficient (Wildman–Crippen LogP) is 4.19. The van der Waals surface area contributed by atoms with Crippen LogP contribution in [0.4, 0.5) is 9.59 Å². The normalized spacial score (nSPS) is 17.2. The van der Waals surface area contributed by atoms with Crippen molar-refractivity contribution in [3.8, 4) is 0 Å². The molecule has 0 saturated heterocycles. The van der Waals surface area contributed by atoms with E-state index in [1.807, 2.05) is 45.0 Å². The molecule has 32 heavy (non-hydrogen) atoms. The zero-order chi connectivity index (χ0) is 23.3. The van der Waals surface area contributed by atoms with E-state index in [4.69, 9.17) is 14.6 Å². The number of ether oxygens (including phenoxy) is 2. The number of hydrogen-bond acceptors (Lipinski definition) is 5. The first-order chi connectivity index (χ1) is 15.1. The summed E-state index contributed by atoms with van der Waals surface area (Å²) in [6, 6.07) is 14.1. The summed E-state index contributed by atoms with van der Waals surface area (Å²) in [5.74, 6) is -0.736. The third-order valence-electron chi connectivity index (χ3n) is 4.91. The smallest absolute Gasteiger partial charge is 0.407 e. The van der Waals surface area contributed by atoms with Gasteiger partial charge in [0.15, 0.2) is 0 Å². The van der Waals surface area contributed by atoms with Crippen molar-refractivity contribution in [2.24, 2.45) is 0 Å². The lowest BCUT2D eigenvalue weighted by atomic mass is 10.1. The molecule has 8 heteroatoms. The van der Waals surface area contributed by atoms with Crippen molar-refractivity contribution in [2.75, 3.05) is 0 Å². The van der Waals surface area contributed by atoms with Crippen LogP contribution >= 0.6 is 0 Å². The number of nitrogens with one attached hydrogen (secondary N) is 2.